The molecule has 1 unspecified atom stereocenters. The van der Waals surface area contributed by atoms with Gasteiger partial charge < -0.3 is 15.1 Å². The standard InChI is InChI=1S/C14H21N3/c1-11-10-12-4-3-5-13(14(12)15-11)17-8-6-16(2)7-9-17/h3-5,11,15H,6-10H2,1-2H3. The summed E-state index contributed by atoms with van der Waals surface area (Å²) >= 11 is 0. The molecule has 0 amide bonds. The third-order valence-electron chi connectivity index (χ3n) is 3.89. The summed E-state index contributed by atoms with van der Waals surface area (Å²) < 4.78 is 0. The first-order valence-corrected chi connectivity index (χ1v) is 6.56. The summed E-state index contributed by atoms with van der Waals surface area (Å²) in [7, 11) is 2.20. The van der Waals surface area contributed by atoms with Gasteiger partial charge >= 0.3 is 0 Å². The number of nitrogens with one attached hydrogen (secondary N) is 1. The maximum absolute atomic E-state index is 3.62. The number of benzene rings is 1. The zero-order valence-corrected chi connectivity index (χ0v) is 10.7. The van der Waals surface area contributed by atoms with Crippen LogP contribution in [0, 0.1) is 0 Å². The number of rotatable bonds is 1. The Morgan fingerprint density at radius 2 is 1.94 bits per heavy atom. The van der Waals surface area contributed by atoms with Crippen LogP contribution in [0.2, 0.25) is 0 Å². The van der Waals surface area contributed by atoms with Crippen molar-refractivity contribution in [1.29, 1.82) is 0 Å². The highest BCUT2D eigenvalue weighted by Gasteiger charge is 2.23. The van der Waals surface area contributed by atoms with Gasteiger partial charge in [-0.1, -0.05) is 12.1 Å². The monoisotopic (exact) mass is 231 g/mol. The summed E-state index contributed by atoms with van der Waals surface area (Å²) in [5.74, 6) is 0. The number of likely N-dealkylation sites (N-methyl/N-ethyl adjacent to an activating group) is 1. The molecule has 1 aromatic carbocycles. The molecule has 3 rings (SSSR count). The summed E-state index contributed by atoms with van der Waals surface area (Å²) in [6.45, 7) is 6.87. The molecule has 2 aliphatic heterocycles. The molecule has 3 heteroatoms. The lowest BCUT2D eigenvalue weighted by molar-refractivity contribution is 0.313. The lowest BCUT2D eigenvalue weighted by Gasteiger charge is -2.35. The van der Waals surface area contributed by atoms with Crippen LogP contribution in [-0.2, 0) is 6.42 Å². The number of anilines is 2. The van der Waals surface area contributed by atoms with Gasteiger partial charge in [-0.15, -0.1) is 0 Å². The molecule has 2 aliphatic rings. The normalized spacial score (nSPS) is 24.6. The number of nitrogens with zero attached hydrogens (tertiary/aromatic N) is 2. The average Bonchev–Trinajstić information content (AvgIpc) is 2.70. The number of hydrogen-bond donors (Lipinski definition) is 1. The van der Waals surface area contributed by atoms with Gasteiger partial charge in [-0.05, 0) is 32.0 Å². The number of hydrogen-bond acceptors (Lipinski definition) is 3. The maximum atomic E-state index is 3.62. The van der Waals surface area contributed by atoms with Crippen LogP contribution in [0.1, 0.15) is 12.5 Å². The van der Waals surface area contributed by atoms with E-state index in [0.717, 1.165) is 19.5 Å². The molecule has 1 aromatic rings. The number of para-hydroxylation sites is 1. The van der Waals surface area contributed by atoms with E-state index in [-0.39, 0.29) is 0 Å². The van der Waals surface area contributed by atoms with Gasteiger partial charge in [-0.3, -0.25) is 0 Å². The van der Waals surface area contributed by atoms with E-state index < -0.39 is 0 Å². The molecule has 2 heterocycles. The van der Waals surface area contributed by atoms with Crippen molar-refractivity contribution < 1.29 is 0 Å². The van der Waals surface area contributed by atoms with Gasteiger partial charge in [0.2, 0.25) is 0 Å². The Morgan fingerprint density at radius 1 is 1.18 bits per heavy atom. The lowest BCUT2D eigenvalue weighted by atomic mass is 10.1. The summed E-state index contributed by atoms with van der Waals surface area (Å²) in [6.07, 6.45) is 1.16. The van der Waals surface area contributed by atoms with Gasteiger partial charge in [-0.25, -0.2) is 0 Å². The van der Waals surface area contributed by atoms with Gasteiger partial charge in [0.05, 0.1) is 11.4 Å². The van der Waals surface area contributed by atoms with E-state index in [1.807, 2.05) is 0 Å². The van der Waals surface area contributed by atoms with Crippen molar-refractivity contribution in [2.45, 2.75) is 19.4 Å². The third-order valence-corrected chi connectivity index (χ3v) is 3.89. The second-order valence-corrected chi connectivity index (χ2v) is 5.35. The Labute approximate surface area is 103 Å². The summed E-state index contributed by atoms with van der Waals surface area (Å²) in [5, 5.41) is 3.62. The van der Waals surface area contributed by atoms with Crippen LogP contribution < -0.4 is 10.2 Å². The molecule has 1 saturated heterocycles. The second kappa shape index (κ2) is 4.22. The van der Waals surface area contributed by atoms with E-state index >= 15 is 0 Å². The Hall–Kier alpha value is -1.22. The van der Waals surface area contributed by atoms with Crippen molar-refractivity contribution in [2.75, 3.05) is 43.4 Å². The minimum absolute atomic E-state index is 0.582. The van der Waals surface area contributed by atoms with Crippen molar-refractivity contribution in [3.8, 4) is 0 Å². The van der Waals surface area contributed by atoms with Gasteiger partial charge in [0, 0.05) is 32.2 Å². The van der Waals surface area contributed by atoms with Crippen LogP contribution in [0.25, 0.3) is 0 Å². The molecule has 3 nitrogen and oxygen atoms in total. The molecule has 0 bridgehead atoms. The predicted octanol–water partition coefficient (Wildman–Crippen LogP) is 1.79. The molecule has 17 heavy (non-hydrogen) atoms. The van der Waals surface area contributed by atoms with Crippen molar-refractivity contribution in [3.63, 3.8) is 0 Å². The van der Waals surface area contributed by atoms with Crippen LogP contribution in [0.5, 0.6) is 0 Å². The zero-order chi connectivity index (χ0) is 11.8. The fourth-order valence-corrected chi connectivity index (χ4v) is 2.86. The molecule has 1 atom stereocenters. The van der Waals surface area contributed by atoms with E-state index in [1.165, 1.54) is 30.0 Å². The SMILES string of the molecule is CC1Cc2cccc(N3CCN(C)CC3)c2N1. The molecule has 1 N–H and O–H groups in total. The first-order valence-electron chi connectivity index (χ1n) is 6.56. The lowest BCUT2D eigenvalue weighted by Crippen LogP contribution is -2.44. The molecular weight excluding hydrogens is 210 g/mol. The van der Waals surface area contributed by atoms with Crippen molar-refractivity contribution in [2.24, 2.45) is 0 Å². The summed E-state index contributed by atoms with van der Waals surface area (Å²) in [4.78, 5) is 4.92. The van der Waals surface area contributed by atoms with E-state index in [9.17, 15) is 0 Å². The van der Waals surface area contributed by atoms with E-state index in [0.29, 0.717) is 6.04 Å². The highest BCUT2D eigenvalue weighted by Crippen LogP contribution is 2.35. The maximum Gasteiger partial charge on any atom is 0.0613 e. The predicted molar refractivity (Wildman–Crippen MR) is 72.9 cm³/mol. The molecule has 0 spiro atoms. The Bertz CT molecular complexity index is 408. The van der Waals surface area contributed by atoms with Crippen molar-refractivity contribution in [3.05, 3.63) is 23.8 Å². The first-order chi connectivity index (χ1) is 8.24. The molecule has 1 fully saturated rings. The Morgan fingerprint density at radius 3 is 2.71 bits per heavy atom. The van der Waals surface area contributed by atoms with E-state index in [1.54, 1.807) is 0 Å². The topological polar surface area (TPSA) is 18.5 Å². The van der Waals surface area contributed by atoms with E-state index in [2.05, 4.69) is 47.3 Å². The zero-order valence-electron chi connectivity index (χ0n) is 10.7. The fraction of sp³-hybridized carbons (Fsp3) is 0.571. The van der Waals surface area contributed by atoms with E-state index in [4.69, 9.17) is 0 Å². The van der Waals surface area contributed by atoms with Gasteiger partial charge in [0.15, 0.2) is 0 Å². The van der Waals surface area contributed by atoms with Crippen LogP contribution in [0.4, 0.5) is 11.4 Å². The molecular formula is C14H21N3. The van der Waals surface area contributed by atoms with Crippen LogP contribution >= 0.6 is 0 Å². The van der Waals surface area contributed by atoms with Crippen molar-refractivity contribution in [1.82, 2.24) is 4.90 Å². The Kier molecular flexibility index (Phi) is 2.71. The minimum atomic E-state index is 0.582. The van der Waals surface area contributed by atoms with Crippen LogP contribution in [0.3, 0.4) is 0 Å². The molecule has 0 aliphatic carbocycles. The number of fused-ring (bicyclic) bond motifs is 1. The minimum Gasteiger partial charge on any atom is -0.380 e. The first kappa shape index (κ1) is 10.9. The molecule has 0 saturated carbocycles. The molecule has 0 radical (unpaired) electrons. The molecule has 0 aromatic heterocycles. The number of piperazine rings is 1. The van der Waals surface area contributed by atoms with Crippen LogP contribution in [0.15, 0.2) is 18.2 Å². The quantitative estimate of drug-likeness (QED) is 0.795. The largest absolute Gasteiger partial charge is 0.380 e. The van der Waals surface area contributed by atoms with Gasteiger partial charge in [-0.2, -0.15) is 0 Å². The third kappa shape index (κ3) is 2.00. The highest BCUT2D eigenvalue weighted by atomic mass is 15.3. The fourth-order valence-electron chi connectivity index (χ4n) is 2.86. The van der Waals surface area contributed by atoms with Gasteiger partial charge in [0.25, 0.3) is 0 Å². The van der Waals surface area contributed by atoms with Crippen molar-refractivity contribution >= 4 is 11.4 Å². The average molecular weight is 231 g/mol. The summed E-state index contributed by atoms with van der Waals surface area (Å²) in [5.41, 5.74) is 4.26. The summed E-state index contributed by atoms with van der Waals surface area (Å²) in [6, 6.07) is 7.30. The molecule has 92 valence electrons. The van der Waals surface area contributed by atoms with Crippen LogP contribution in [-0.4, -0.2) is 44.2 Å². The Balaban J connectivity index is 1.87. The van der Waals surface area contributed by atoms with Gasteiger partial charge in [0.1, 0.15) is 0 Å². The highest BCUT2D eigenvalue weighted by molar-refractivity contribution is 5.76. The second-order valence-electron chi connectivity index (χ2n) is 5.35. The smallest absolute Gasteiger partial charge is 0.0613 e.